The molecule has 0 fully saturated rings. The van der Waals surface area contributed by atoms with Crippen LogP contribution in [0, 0.1) is 12.8 Å². The van der Waals surface area contributed by atoms with E-state index in [2.05, 4.69) is 5.32 Å². The Bertz CT molecular complexity index is 1360. The van der Waals surface area contributed by atoms with Gasteiger partial charge in [-0.05, 0) is 54.8 Å². The molecular weight excluding hydrogens is 476 g/mol. The first kappa shape index (κ1) is 26.7. The SMILES string of the molecule is COc1ccc(-c2cn(-c3ccc(C)cc3)c(NC(=O)CN(CC(C)C)C(=O)Cc3ccccc3)n2)cc1. The van der Waals surface area contributed by atoms with Gasteiger partial charge in [-0.15, -0.1) is 0 Å². The first-order valence-electron chi connectivity index (χ1n) is 12.7. The van der Waals surface area contributed by atoms with E-state index in [9.17, 15) is 9.59 Å². The second kappa shape index (κ2) is 12.2. The van der Waals surface area contributed by atoms with Gasteiger partial charge in [0.15, 0.2) is 0 Å². The third-order valence-electron chi connectivity index (χ3n) is 6.13. The molecular formula is C31H34N4O3. The molecule has 4 rings (SSSR count). The lowest BCUT2D eigenvalue weighted by Crippen LogP contribution is -2.41. The molecule has 0 unspecified atom stereocenters. The molecule has 4 aromatic rings. The van der Waals surface area contributed by atoms with Crippen molar-refractivity contribution in [1.82, 2.24) is 14.5 Å². The fourth-order valence-electron chi connectivity index (χ4n) is 4.19. The van der Waals surface area contributed by atoms with E-state index in [1.54, 1.807) is 12.0 Å². The number of imidazole rings is 1. The van der Waals surface area contributed by atoms with Gasteiger partial charge in [-0.25, -0.2) is 4.98 Å². The summed E-state index contributed by atoms with van der Waals surface area (Å²) < 4.78 is 7.13. The summed E-state index contributed by atoms with van der Waals surface area (Å²) in [6, 6.07) is 25.2. The van der Waals surface area contributed by atoms with Crippen LogP contribution in [0.3, 0.4) is 0 Å². The fraction of sp³-hybridized carbons (Fsp3) is 0.258. The molecule has 0 saturated carbocycles. The van der Waals surface area contributed by atoms with Crippen LogP contribution in [0.15, 0.2) is 85.1 Å². The molecule has 0 aliphatic carbocycles. The number of hydrogen-bond donors (Lipinski definition) is 1. The van der Waals surface area contributed by atoms with Gasteiger partial charge in [0.25, 0.3) is 0 Å². The van der Waals surface area contributed by atoms with Crippen molar-refractivity contribution in [3.05, 3.63) is 96.2 Å². The molecule has 7 heteroatoms. The Morgan fingerprint density at radius 1 is 0.974 bits per heavy atom. The third-order valence-corrected chi connectivity index (χ3v) is 6.13. The average Bonchev–Trinajstić information content (AvgIpc) is 3.32. The van der Waals surface area contributed by atoms with Crippen molar-refractivity contribution >= 4 is 17.8 Å². The Kier molecular flexibility index (Phi) is 8.58. The summed E-state index contributed by atoms with van der Waals surface area (Å²) in [4.78, 5) is 32.7. The number of amides is 2. The molecule has 0 aliphatic rings. The van der Waals surface area contributed by atoms with E-state index in [1.807, 2.05) is 110 Å². The van der Waals surface area contributed by atoms with Crippen LogP contribution in [-0.4, -0.2) is 46.5 Å². The Labute approximate surface area is 224 Å². The van der Waals surface area contributed by atoms with Gasteiger partial charge in [0.2, 0.25) is 17.8 Å². The summed E-state index contributed by atoms with van der Waals surface area (Å²) >= 11 is 0. The number of nitrogens with zero attached hydrogens (tertiary/aromatic N) is 3. The third kappa shape index (κ3) is 6.88. The van der Waals surface area contributed by atoms with Crippen molar-refractivity contribution in [2.45, 2.75) is 27.2 Å². The minimum atomic E-state index is -0.299. The van der Waals surface area contributed by atoms with Crippen LogP contribution in [0.25, 0.3) is 16.9 Å². The number of nitrogens with one attached hydrogen (secondary N) is 1. The molecule has 3 aromatic carbocycles. The minimum Gasteiger partial charge on any atom is -0.497 e. The summed E-state index contributed by atoms with van der Waals surface area (Å²) in [6.45, 7) is 6.53. The van der Waals surface area contributed by atoms with Crippen LogP contribution in [0.2, 0.25) is 0 Å². The van der Waals surface area contributed by atoms with Gasteiger partial charge in [-0.1, -0.05) is 61.9 Å². The van der Waals surface area contributed by atoms with Crippen molar-refractivity contribution in [1.29, 1.82) is 0 Å². The fourth-order valence-corrected chi connectivity index (χ4v) is 4.19. The smallest absolute Gasteiger partial charge is 0.246 e. The number of carbonyl (C=O) groups is 2. The number of benzene rings is 3. The van der Waals surface area contributed by atoms with Gasteiger partial charge in [-0.3, -0.25) is 19.5 Å². The zero-order valence-corrected chi connectivity index (χ0v) is 22.3. The van der Waals surface area contributed by atoms with E-state index in [-0.39, 0.29) is 30.7 Å². The van der Waals surface area contributed by atoms with Crippen molar-refractivity contribution in [3.8, 4) is 22.7 Å². The topological polar surface area (TPSA) is 76.5 Å². The Morgan fingerprint density at radius 3 is 2.29 bits per heavy atom. The van der Waals surface area contributed by atoms with Gasteiger partial charge < -0.3 is 9.64 Å². The Morgan fingerprint density at radius 2 is 1.66 bits per heavy atom. The largest absolute Gasteiger partial charge is 0.497 e. The van der Waals surface area contributed by atoms with Crippen LogP contribution >= 0.6 is 0 Å². The first-order chi connectivity index (χ1) is 18.3. The number of carbonyl (C=O) groups excluding carboxylic acids is 2. The van der Waals surface area contributed by atoms with Crippen LogP contribution in [0.1, 0.15) is 25.0 Å². The lowest BCUT2D eigenvalue weighted by atomic mass is 10.1. The van der Waals surface area contributed by atoms with Gasteiger partial charge in [0, 0.05) is 24.0 Å². The zero-order valence-electron chi connectivity index (χ0n) is 22.3. The number of anilines is 1. The summed E-state index contributed by atoms with van der Waals surface area (Å²) in [6.07, 6.45) is 2.15. The van der Waals surface area contributed by atoms with E-state index in [4.69, 9.17) is 9.72 Å². The van der Waals surface area contributed by atoms with Crippen LogP contribution < -0.4 is 10.1 Å². The molecule has 2 amide bonds. The summed E-state index contributed by atoms with van der Waals surface area (Å²) in [5.74, 6) is 0.988. The molecule has 1 aromatic heterocycles. The van der Waals surface area contributed by atoms with Gasteiger partial charge in [-0.2, -0.15) is 0 Å². The number of methoxy groups -OCH3 is 1. The molecule has 1 N–H and O–H groups in total. The lowest BCUT2D eigenvalue weighted by Gasteiger charge is -2.24. The molecule has 0 radical (unpaired) electrons. The molecule has 0 saturated heterocycles. The van der Waals surface area contributed by atoms with Gasteiger partial charge in [0.1, 0.15) is 5.75 Å². The monoisotopic (exact) mass is 510 g/mol. The molecule has 0 atom stereocenters. The van der Waals surface area contributed by atoms with E-state index >= 15 is 0 Å². The maximum Gasteiger partial charge on any atom is 0.246 e. The highest BCUT2D eigenvalue weighted by Gasteiger charge is 2.21. The van der Waals surface area contributed by atoms with Crippen molar-refractivity contribution in [2.24, 2.45) is 5.92 Å². The molecule has 0 aliphatic heterocycles. The highest BCUT2D eigenvalue weighted by molar-refractivity contribution is 5.94. The summed E-state index contributed by atoms with van der Waals surface area (Å²) in [5.41, 5.74) is 4.54. The average molecular weight is 511 g/mol. The van der Waals surface area contributed by atoms with Crippen LogP contribution in [-0.2, 0) is 16.0 Å². The predicted molar refractivity (Wildman–Crippen MR) is 150 cm³/mol. The molecule has 38 heavy (non-hydrogen) atoms. The molecule has 196 valence electrons. The second-order valence-electron chi connectivity index (χ2n) is 9.76. The van der Waals surface area contributed by atoms with E-state index < -0.39 is 0 Å². The molecule has 0 bridgehead atoms. The summed E-state index contributed by atoms with van der Waals surface area (Å²) in [7, 11) is 1.63. The van der Waals surface area contributed by atoms with E-state index in [0.29, 0.717) is 18.2 Å². The van der Waals surface area contributed by atoms with Crippen molar-refractivity contribution in [3.63, 3.8) is 0 Å². The molecule has 0 spiro atoms. The Balaban J connectivity index is 1.58. The van der Waals surface area contributed by atoms with Gasteiger partial charge >= 0.3 is 0 Å². The number of aryl methyl sites for hydroxylation is 1. The molecule has 7 nitrogen and oxygen atoms in total. The normalized spacial score (nSPS) is 10.9. The second-order valence-corrected chi connectivity index (χ2v) is 9.76. The standard InChI is InChI=1S/C31H34N4O3/c1-22(2)19-34(30(37)18-24-8-6-5-7-9-24)21-29(36)33-31-32-28(25-12-16-27(38-4)17-13-25)20-35(31)26-14-10-23(3)11-15-26/h5-17,20,22H,18-19,21H2,1-4H3,(H,32,33,36). The quantitative estimate of drug-likeness (QED) is 0.305. The number of ether oxygens (including phenoxy) is 1. The number of hydrogen-bond acceptors (Lipinski definition) is 4. The van der Waals surface area contributed by atoms with Crippen molar-refractivity contribution < 1.29 is 14.3 Å². The highest BCUT2D eigenvalue weighted by Crippen LogP contribution is 2.26. The van der Waals surface area contributed by atoms with E-state index in [0.717, 1.165) is 28.1 Å². The van der Waals surface area contributed by atoms with Crippen LogP contribution in [0.4, 0.5) is 5.95 Å². The van der Waals surface area contributed by atoms with Gasteiger partial charge in [0.05, 0.1) is 25.8 Å². The number of aromatic nitrogens is 2. The molecule has 1 heterocycles. The maximum absolute atomic E-state index is 13.3. The van der Waals surface area contributed by atoms with E-state index in [1.165, 1.54) is 0 Å². The first-order valence-corrected chi connectivity index (χ1v) is 12.7. The van der Waals surface area contributed by atoms with Crippen LogP contribution in [0.5, 0.6) is 5.75 Å². The lowest BCUT2D eigenvalue weighted by molar-refractivity contribution is -0.134. The zero-order chi connectivity index (χ0) is 27.1. The maximum atomic E-state index is 13.3. The summed E-state index contributed by atoms with van der Waals surface area (Å²) in [5, 5.41) is 2.95. The van der Waals surface area contributed by atoms with Crippen molar-refractivity contribution in [2.75, 3.05) is 25.5 Å². The highest BCUT2D eigenvalue weighted by atomic mass is 16.5. The number of rotatable bonds is 10. The predicted octanol–water partition coefficient (Wildman–Crippen LogP) is 5.52. The minimum absolute atomic E-state index is 0.0531. The Hall–Kier alpha value is -4.39.